The lowest BCUT2D eigenvalue weighted by Crippen LogP contribution is -2.37. The molecule has 0 spiro atoms. The van der Waals surface area contributed by atoms with E-state index in [-0.39, 0.29) is 17.7 Å². The van der Waals surface area contributed by atoms with Crippen molar-refractivity contribution in [1.29, 1.82) is 0 Å². The number of aromatic nitrogens is 2. The maximum Gasteiger partial charge on any atom is 0.416 e. The topological polar surface area (TPSA) is 55.2 Å². The van der Waals surface area contributed by atoms with E-state index in [1.54, 1.807) is 31.2 Å². The van der Waals surface area contributed by atoms with Crippen molar-refractivity contribution >= 4 is 16.8 Å². The zero-order chi connectivity index (χ0) is 25.2. The molecule has 0 saturated heterocycles. The fraction of sp³-hybridized carbons (Fsp3) is 0.222. The lowest BCUT2D eigenvalue weighted by Gasteiger charge is -2.31. The minimum atomic E-state index is -4.57. The molecule has 5 nitrogen and oxygen atoms in total. The Balaban J connectivity index is 1.83. The molecular formula is C27H24F3N3O2. The van der Waals surface area contributed by atoms with Crippen molar-refractivity contribution in [3.05, 3.63) is 112 Å². The predicted octanol–water partition coefficient (Wildman–Crippen LogP) is 5.84. The number of halogens is 3. The normalized spacial score (nSPS) is 12.5. The second-order valence-corrected chi connectivity index (χ2v) is 8.21. The zero-order valence-corrected chi connectivity index (χ0v) is 19.3. The third-order valence-corrected chi connectivity index (χ3v) is 5.94. The average molecular weight is 480 g/mol. The number of hydrogen-bond acceptors (Lipinski definition) is 3. The number of carbonyl (C=O) groups excluding carboxylic acids is 1. The third-order valence-electron chi connectivity index (χ3n) is 5.94. The number of fused-ring (bicyclic) bond motifs is 1. The van der Waals surface area contributed by atoms with Gasteiger partial charge >= 0.3 is 6.18 Å². The van der Waals surface area contributed by atoms with Gasteiger partial charge in [-0.1, -0.05) is 48.5 Å². The third kappa shape index (κ3) is 4.96. The number of carbonyl (C=O) groups is 1. The molecule has 0 radical (unpaired) electrons. The van der Waals surface area contributed by atoms with Gasteiger partial charge in [-0.25, -0.2) is 4.98 Å². The highest BCUT2D eigenvalue weighted by Crippen LogP contribution is 2.31. The molecule has 1 heterocycles. The Morgan fingerprint density at radius 1 is 1.00 bits per heavy atom. The summed E-state index contributed by atoms with van der Waals surface area (Å²) in [7, 11) is 0. The summed E-state index contributed by atoms with van der Waals surface area (Å²) in [6.07, 6.45) is -4.57. The molecule has 0 bridgehead atoms. The van der Waals surface area contributed by atoms with Crippen molar-refractivity contribution in [1.82, 2.24) is 14.5 Å². The highest BCUT2D eigenvalue weighted by atomic mass is 19.4. The van der Waals surface area contributed by atoms with Gasteiger partial charge in [0.2, 0.25) is 0 Å². The average Bonchev–Trinajstić information content (AvgIpc) is 2.86. The van der Waals surface area contributed by atoms with Crippen LogP contribution in [0.3, 0.4) is 0 Å². The van der Waals surface area contributed by atoms with Gasteiger partial charge in [0, 0.05) is 18.7 Å². The molecular weight excluding hydrogens is 455 g/mol. The van der Waals surface area contributed by atoms with Crippen LogP contribution >= 0.6 is 0 Å². The molecule has 4 aromatic rings. The first-order valence-corrected chi connectivity index (χ1v) is 11.2. The minimum Gasteiger partial charge on any atom is -0.324 e. The van der Waals surface area contributed by atoms with Crippen LogP contribution in [0.25, 0.3) is 10.9 Å². The van der Waals surface area contributed by atoms with Crippen molar-refractivity contribution in [2.75, 3.05) is 0 Å². The van der Waals surface area contributed by atoms with Crippen LogP contribution in [0.15, 0.2) is 83.7 Å². The molecule has 1 atom stereocenters. The van der Waals surface area contributed by atoms with E-state index in [9.17, 15) is 22.8 Å². The lowest BCUT2D eigenvalue weighted by atomic mass is 10.1. The van der Waals surface area contributed by atoms with Gasteiger partial charge in [-0.05, 0) is 49.7 Å². The summed E-state index contributed by atoms with van der Waals surface area (Å²) in [4.78, 5) is 32.9. The van der Waals surface area contributed by atoms with Crippen LogP contribution in [0, 0.1) is 0 Å². The number of nitrogens with zero attached hydrogens (tertiary/aromatic N) is 3. The maximum atomic E-state index is 13.6. The van der Waals surface area contributed by atoms with Gasteiger partial charge in [0.15, 0.2) is 0 Å². The predicted molar refractivity (Wildman–Crippen MR) is 128 cm³/mol. The summed E-state index contributed by atoms with van der Waals surface area (Å²) >= 11 is 0. The molecule has 4 rings (SSSR count). The molecule has 35 heavy (non-hydrogen) atoms. The highest BCUT2D eigenvalue weighted by Gasteiger charge is 2.32. The SMILES string of the molecule is CCn1c(C(C)N(Cc2ccccc2)C(=O)c2cccc(C(F)(F)F)c2)nc2ccccc2c1=O. The largest absolute Gasteiger partial charge is 0.416 e. The molecule has 0 fully saturated rings. The molecule has 1 amide bonds. The zero-order valence-electron chi connectivity index (χ0n) is 19.3. The Hall–Kier alpha value is -3.94. The van der Waals surface area contributed by atoms with Crippen LogP contribution in [0.2, 0.25) is 0 Å². The fourth-order valence-electron chi connectivity index (χ4n) is 4.11. The number of amides is 1. The van der Waals surface area contributed by atoms with Gasteiger partial charge in [0.25, 0.3) is 11.5 Å². The molecule has 0 N–H and O–H groups in total. The van der Waals surface area contributed by atoms with Crippen LogP contribution in [0.1, 0.15) is 47.2 Å². The number of rotatable bonds is 6. The van der Waals surface area contributed by atoms with Crippen molar-refractivity contribution in [2.45, 2.75) is 39.2 Å². The van der Waals surface area contributed by atoms with E-state index in [4.69, 9.17) is 4.98 Å². The van der Waals surface area contributed by atoms with E-state index in [0.29, 0.717) is 23.3 Å². The summed E-state index contributed by atoms with van der Waals surface area (Å²) in [5.41, 5.74) is 0.0750. The highest BCUT2D eigenvalue weighted by molar-refractivity contribution is 5.94. The quantitative estimate of drug-likeness (QED) is 0.349. The smallest absolute Gasteiger partial charge is 0.324 e. The molecule has 1 aromatic heterocycles. The van der Waals surface area contributed by atoms with Gasteiger partial charge in [-0.2, -0.15) is 13.2 Å². The van der Waals surface area contributed by atoms with Crippen molar-refractivity contribution in [3.8, 4) is 0 Å². The fourth-order valence-corrected chi connectivity index (χ4v) is 4.11. The van der Waals surface area contributed by atoms with E-state index < -0.39 is 23.7 Å². The van der Waals surface area contributed by atoms with E-state index >= 15 is 0 Å². The first kappa shape index (κ1) is 24.2. The van der Waals surface area contributed by atoms with Crippen LogP contribution in [0.4, 0.5) is 13.2 Å². The molecule has 0 saturated carbocycles. The summed E-state index contributed by atoms with van der Waals surface area (Å²) < 4.78 is 41.5. The van der Waals surface area contributed by atoms with Crippen LogP contribution in [-0.2, 0) is 19.3 Å². The second-order valence-electron chi connectivity index (χ2n) is 8.21. The van der Waals surface area contributed by atoms with Crippen LogP contribution in [0.5, 0.6) is 0 Å². The van der Waals surface area contributed by atoms with E-state index in [1.807, 2.05) is 37.3 Å². The number of para-hydroxylation sites is 1. The van der Waals surface area contributed by atoms with Gasteiger partial charge in [0.05, 0.1) is 22.5 Å². The molecule has 0 aliphatic heterocycles. The van der Waals surface area contributed by atoms with Gasteiger partial charge in [-0.15, -0.1) is 0 Å². The van der Waals surface area contributed by atoms with Crippen molar-refractivity contribution in [2.24, 2.45) is 0 Å². The Morgan fingerprint density at radius 2 is 1.69 bits per heavy atom. The van der Waals surface area contributed by atoms with Gasteiger partial charge in [0.1, 0.15) is 5.82 Å². The molecule has 1 unspecified atom stereocenters. The summed E-state index contributed by atoms with van der Waals surface area (Å²) in [6.45, 7) is 4.00. The van der Waals surface area contributed by atoms with Gasteiger partial charge in [-0.3, -0.25) is 14.2 Å². The number of hydrogen-bond donors (Lipinski definition) is 0. The molecule has 8 heteroatoms. The maximum absolute atomic E-state index is 13.6. The first-order valence-electron chi connectivity index (χ1n) is 11.2. The lowest BCUT2D eigenvalue weighted by molar-refractivity contribution is -0.137. The Morgan fingerprint density at radius 3 is 2.37 bits per heavy atom. The Kier molecular flexibility index (Phi) is 6.73. The Labute approximate surface area is 200 Å². The van der Waals surface area contributed by atoms with Crippen LogP contribution < -0.4 is 5.56 Å². The standard InChI is InChI=1S/C27H24F3N3O2/c1-3-32-24(31-23-15-8-7-14-22(23)26(32)35)18(2)33(17-19-10-5-4-6-11-19)25(34)20-12-9-13-21(16-20)27(28,29)30/h4-16,18H,3,17H2,1-2H3. The van der Waals surface area contributed by atoms with Crippen LogP contribution in [-0.4, -0.2) is 20.4 Å². The molecule has 0 aliphatic rings. The second kappa shape index (κ2) is 9.74. The van der Waals surface area contributed by atoms with Crippen molar-refractivity contribution < 1.29 is 18.0 Å². The first-order chi connectivity index (χ1) is 16.7. The number of alkyl halides is 3. The molecule has 180 valence electrons. The van der Waals surface area contributed by atoms with E-state index in [1.165, 1.54) is 21.6 Å². The molecule has 3 aromatic carbocycles. The summed E-state index contributed by atoms with van der Waals surface area (Å²) in [5, 5.41) is 0.462. The van der Waals surface area contributed by atoms with Crippen molar-refractivity contribution in [3.63, 3.8) is 0 Å². The molecule has 0 aliphatic carbocycles. The van der Waals surface area contributed by atoms with Gasteiger partial charge < -0.3 is 4.90 Å². The summed E-state index contributed by atoms with van der Waals surface area (Å²) in [5.74, 6) is -0.218. The Bertz CT molecular complexity index is 1410. The number of benzene rings is 3. The van der Waals surface area contributed by atoms with E-state index in [2.05, 4.69) is 0 Å². The van der Waals surface area contributed by atoms with E-state index in [0.717, 1.165) is 17.7 Å². The minimum absolute atomic E-state index is 0.0891. The monoisotopic (exact) mass is 479 g/mol. The summed E-state index contributed by atoms with van der Waals surface area (Å²) in [6, 6.07) is 19.8.